The molecule has 0 fully saturated rings. The van der Waals surface area contributed by atoms with Crippen LogP contribution in [0.4, 0.5) is 4.39 Å². The highest BCUT2D eigenvalue weighted by atomic mass is 19.1. The average molecular weight is 381 g/mol. The summed E-state index contributed by atoms with van der Waals surface area (Å²) in [6, 6.07) is 14.4. The van der Waals surface area contributed by atoms with Crippen molar-refractivity contribution in [3.05, 3.63) is 54.3 Å². The molecular formula is C23H28FN3O. The third kappa shape index (κ3) is 3.93. The Morgan fingerprint density at radius 2 is 1.64 bits per heavy atom. The van der Waals surface area contributed by atoms with Gasteiger partial charge < -0.3 is 9.47 Å². The summed E-state index contributed by atoms with van der Waals surface area (Å²) in [6.07, 6.45) is 1.82. The molecule has 0 aliphatic heterocycles. The van der Waals surface area contributed by atoms with Crippen LogP contribution in [0.2, 0.25) is 0 Å². The lowest BCUT2D eigenvalue weighted by Crippen LogP contribution is -2.45. The third-order valence-corrected chi connectivity index (χ3v) is 5.47. The number of carbonyl (C=O) groups is 1. The molecule has 4 nitrogen and oxygen atoms in total. The van der Waals surface area contributed by atoms with Crippen LogP contribution in [-0.2, 0) is 11.3 Å². The van der Waals surface area contributed by atoms with Crippen LogP contribution in [0, 0.1) is 5.82 Å². The summed E-state index contributed by atoms with van der Waals surface area (Å²) in [5, 5.41) is 0. The number of fused-ring (bicyclic) bond motifs is 1. The molecule has 2 atom stereocenters. The molecular weight excluding hydrogens is 353 g/mol. The van der Waals surface area contributed by atoms with Crippen LogP contribution in [0.25, 0.3) is 22.4 Å². The Kier molecular flexibility index (Phi) is 6.12. The van der Waals surface area contributed by atoms with Crippen molar-refractivity contribution < 1.29 is 9.18 Å². The van der Waals surface area contributed by atoms with E-state index < -0.39 is 0 Å². The van der Waals surface area contributed by atoms with Gasteiger partial charge in [0.15, 0.2) is 0 Å². The molecule has 1 amide bonds. The van der Waals surface area contributed by atoms with E-state index in [1.807, 2.05) is 33.7 Å². The molecule has 0 N–H and O–H groups in total. The fourth-order valence-electron chi connectivity index (χ4n) is 3.59. The zero-order valence-electron chi connectivity index (χ0n) is 17.0. The Labute approximate surface area is 166 Å². The predicted octanol–water partition coefficient (Wildman–Crippen LogP) is 5.27. The zero-order valence-corrected chi connectivity index (χ0v) is 17.0. The summed E-state index contributed by atoms with van der Waals surface area (Å²) in [6.45, 7) is 8.60. The molecule has 1 heterocycles. The van der Waals surface area contributed by atoms with Crippen LogP contribution in [0.1, 0.15) is 40.5 Å². The Bertz CT molecular complexity index is 938. The zero-order chi connectivity index (χ0) is 20.3. The van der Waals surface area contributed by atoms with Gasteiger partial charge in [-0.1, -0.05) is 26.0 Å². The lowest BCUT2D eigenvalue weighted by Gasteiger charge is -2.34. The molecule has 3 rings (SSSR count). The van der Waals surface area contributed by atoms with Crippen LogP contribution >= 0.6 is 0 Å². The highest BCUT2D eigenvalue weighted by Crippen LogP contribution is 2.26. The number of rotatable bonds is 7. The average Bonchev–Trinajstić information content (AvgIpc) is 3.06. The number of hydrogen-bond donors (Lipinski definition) is 0. The van der Waals surface area contributed by atoms with Gasteiger partial charge in [-0.3, -0.25) is 4.79 Å². The van der Waals surface area contributed by atoms with Gasteiger partial charge >= 0.3 is 0 Å². The summed E-state index contributed by atoms with van der Waals surface area (Å²) < 4.78 is 15.3. The first-order valence-electron chi connectivity index (χ1n) is 9.98. The van der Waals surface area contributed by atoms with Gasteiger partial charge in [-0.2, -0.15) is 0 Å². The molecule has 2 unspecified atom stereocenters. The standard InChI is InChI=1S/C23H28FN3O/c1-5-16(3)27(17(4)6-2)22(28)15-26-21-10-8-7-9-20(21)25-23(26)18-11-13-19(24)14-12-18/h7-14,16-17H,5-6,15H2,1-4H3. The second-order valence-corrected chi connectivity index (χ2v) is 7.33. The van der Waals surface area contributed by atoms with E-state index in [1.54, 1.807) is 12.1 Å². The first-order valence-corrected chi connectivity index (χ1v) is 9.98. The third-order valence-electron chi connectivity index (χ3n) is 5.47. The van der Waals surface area contributed by atoms with Gasteiger partial charge in [-0.05, 0) is 63.1 Å². The number of amides is 1. The molecule has 0 spiro atoms. The molecule has 1 aromatic heterocycles. The monoisotopic (exact) mass is 381 g/mol. The Morgan fingerprint density at radius 3 is 2.25 bits per heavy atom. The van der Waals surface area contributed by atoms with E-state index in [0.717, 1.165) is 29.4 Å². The lowest BCUT2D eigenvalue weighted by molar-refractivity contribution is -0.136. The molecule has 148 valence electrons. The van der Waals surface area contributed by atoms with Gasteiger partial charge in [0.25, 0.3) is 0 Å². The summed E-state index contributed by atoms with van der Waals surface area (Å²) in [4.78, 5) is 20.0. The van der Waals surface area contributed by atoms with Crippen LogP contribution in [0.3, 0.4) is 0 Å². The number of imidazole rings is 1. The van der Waals surface area contributed by atoms with Crippen molar-refractivity contribution in [1.82, 2.24) is 14.5 Å². The van der Waals surface area contributed by atoms with E-state index in [4.69, 9.17) is 4.98 Å². The van der Waals surface area contributed by atoms with E-state index >= 15 is 0 Å². The van der Waals surface area contributed by atoms with Gasteiger partial charge in [0.1, 0.15) is 18.2 Å². The van der Waals surface area contributed by atoms with Crippen molar-refractivity contribution in [1.29, 1.82) is 0 Å². The Balaban J connectivity index is 2.05. The topological polar surface area (TPSA) is 38.1 Å². The molecule has 28 heavy (non-hydrogen) atoms. The summed E-state index contributed by atoms with van der Waals surface area (Å²) in [5.74, 6) is 0.472. The number of aromatic nitrogens is 2. The number of halogens is 1. The SMILES string of the molecule is CCC(C)N(C(=O)Cn1c(-c2ccc(F)cc2)nc2ccccc21)C(C)CC. The second kappa shape index (κ2) is 8.55. The van der Waals surface area contributed by atoms with Gasteiger partial charge in [0.2, 0.25) is 5.91 Å². The Hall–Kier alpha value is -2.69. The molecule has 5 heteroatoms. The number of hydrogen-bond acceptors (Lipinski definition) is 2. The minimum atomic E-state index is -0.290. The fraction of sp³-hybridized carbons (Fsp3) is 0.391. The van der Waals surface area contributed by atoms with E-state index in [-0.39, 0.29) is 30.4 Å². The van der Waals surface area contributed by atoms with Crippen molar-refractivity contribution in [2.75, 3.05) is 0 Å². The van der Waals surface area contributed by atoms with Crippen LogP contribution in [-0.4, -0.2) is 32.4 Å². The van der Waals surface area contributed by atoms with Gasteiger partial charge in [0.05, 0.1) is 11.0 Å². The smallest absolute Gasteiger partial charge is 0.243 e. The molecule has 3 aromatic rings. The van der Waals surface area contributed by atoms with Crippen molar-refractivity contribution in [2.24, 2.45) is 0 Å². The molecule has 0 bridgehead atoms. The van der Waals surface area contributed by atoms with Crippen molar-refractivity contribution >= 4 is 16.9 Å². The lowest BCUT2D eigenvalue weighted by atomic mass is 10.1. The first-order chi connectivity index (χ1) is 13.5. The molecule has 0 saturated carbocycles. The summed E-state index contributed by atoms with van der Waals surface area (Å²) >= 11 is 0. The fourth-order valence-corrected chi connectivity index (χ4v) is 3.59. The maximum absolute atomic E-state index is 13.4. The predicted molar refractivity (Wildman–Crippen MR) is 111 cm³/mol. The Morgan fingerprint density at radius 1 is 1.04 bits per heavy atom. The second-order valence-electron chi connectivity index (χ2n) is 7.33. The molecule has 0 aliphatic carbocycles. The molecule has 2 aromatic carbocycles. The number of benzene rings is 2. The van der Waals surface area contributed by atoms with Crippen LogP contribution < -0.4 is 0 Å². The van der Waals surface area contributed by atoms with E-state index in [9.17, 15) is 9.18 Å². The maximum Gasteiger partial charge on any atom is 0.243 e. The van der Waals surface area contributed by atoms with Crippen molar-refractivity contribution in [2.45, 2.75) is 59.2 Å². The minimum Gasteiger partial charge on any atom is -0.336 e. The van der Waals surface area contributed by atoms with E-state index in [0.29, 0.717) is 5.82 Å². The van der Waals surface area contributed by atoms with Crippen molar-refractivity contribution in [3.8, 4) is 11.4 Å². The number of carbonyl (C=O) groups excluding carboxylic acids is 1. The largest absolute Gasteiger partial charge is 0.336 e. The van der Waals surface area contributed by atoms with Gasteiger partial charge in [-0.25, -0.2) is 9.37 Å². The summed E-state index contributed by atoms with van der Waals surface area (Å²) in [5.41, 5.74) is 2.53. The van der Waals surface area contributed by atoms with E-state index in [1.165, 1.54) is 12.1 Å². The van der Waals surface area contributed by atoms with Crippen LogP contribution in [0.5, 0.6) is 0 Å². The van der Waals surface area contributed by atoms with Crippen LogP contribution in [0.15, 0.2) is 48.5 Å². The first kappa shape index (κ1) is 20.1. The molecule has 0 saturated heterocycles. The van der Waals surface area contributed by atoms with Gasteiger partial charge in [-0.15, -0.1) is 0 Å². The highest BCUT2D eigenvalue weighted by molar-refractivity contribution is 5.84. The number of para-hydroxylation sites is 2. The quantitative estimate of drug-likeness (QED) is 0.559. The maximum atomic E-state index is 13.4. The summed E-state index contributed by atoms with van der Waals surface area (Å²) in [7, 11) is 0. The molecule has 0 radical (unpaired) electrons. The van der Waals surface area contributed by atoms with Crippen molar-refractivity contribution in [3.63, 3.8) is 0 Å². The van der Waals surface area contributed by atoms with Gasteiger partial charge in [0, 0.05) is 17.6 Å². The molecule has 0 aliphatic rings. The minimum absolute atomic E-state index is 0.0789. The number of nitrogens with zero attached hydrogens (tertiary/aromatic N) is 3. The van der Waals surface area contributed by atoms with E-state index in [2.05, 4.69) is 27.7 Å². The highest BCUT2D eigenvalue weighted by Gasteiger charge is 2.25. The normalized spacial score (nSPS) is 13.5.